The molecule has 0 amide bonds. The molecule has 0 saturated heterocycles. The Morgan fingerprint density at radius 3 is 0.764 bits per heavy atom. The van der Waals surface area contributed by atoms with Gasteiger partial charge in [0.25, 0.3) is 0 Å². The largest absolute Gasteiger partial charge is 0.472 e. The lowest BCUT2D eigenvalue weighted by Crippen LogP contribution is -2.30. The highest BCUT2D eigenvalue weighted by atomic mass is 31.2. The van der Waals surface area contributed by atoms with Gasteiger partial charge < -0.3 is 33.8 Å². The second-order valence-corrected chi connectivity index (χ2v) is 29.1. The van der Waals surface area contributed by atoms with E-state index in [0.29, 0.717) is 25.7 Å². The molecule has 0 radical (unpaired) electrons. The average Bonchev–Trinajstić information content (AvgIpc) is 3.52. The molecule has 89 heavy (non-hydrogen) atoms. The summed E-state index contributed by atoms with van der Waals surface area (Å²) < 4.78 is 68.2. The molecule has 0 aliphatic heterocycles. The summed E-state index contributed by atoms with van der Waals surface area (Å²) in [5.74, 6) is -0.604. The van der Waals surface area contributed by atoms with E-state index >= 15 is 0 Å². The topological polar surface area (TPSA) is 237 Å². The van der Waals surface area contributed by atoms with Crippen LogP contribution in [-0.2, 0) is 65.4 Å². The molecular weight excluding hydrogens is 1170 g/mol. The van der Waals surface area contributed by atoms with Crippen LogP contribution in [-0.4, -0.2) is 96.7 Å². The Balaban J connectivity index is 5.21. The van der Waals surface area contributed by atoms with Crippen LogP contribution in [0.4, 0.5) is 0 Å². The molecule has 0 aromatic rings. The van der Waals surface area contributed by atoms with Crippen molar-refractivity contribution in [2.75, 3.05) is 39.6 Å². The third-order valence-electron chi connectivity index (χ3n) is 16.2. The molecule has 2 unspecified atom stereocenters. The van der Waals surface area contributed by atoms with E-state index in [0.717, 1.165) is 115 Å². The maximum Gasteiger partial charge on any atom is 0.472 e. The number of rotatable bonds is 69. The van der Waals surface area contributed by atoms with Gasteiger partial charge in [-0.15, -0.1) is 0 Å². The second kappa shape index (κ2) is 62.2. The molecule has 0 aromatic heterocycles. The van der Waals surface area contributed by atoms with Gasteiger partial charge in [-0.1, -0.05) is 305 Å². The van der Waals surface area contributed by atoms with E-state index in [2.05, 4.69) is 41.5 Å². The molecule has 528 valence electrons. The Morgan fingerprint density at radius 1 is 0.303 bits per heavy atom. The highest BCUT2D eigenvalue weighted by Crippen LogP contribution is 2.45. The van der Waals surface area contributed by atoms with Crippen molar-refractivity contribution in [1.82, 2.24) is 0 Å². The SMILES string of the molecule is CCCCCCCCCCCCCCCCCC(=O)O[C@H](COC(=O)CCCCCCCCCCCCCC(C)C)COP(=O)(O)OC[C@@H](O)COP(=O)(O)OC[C@@H](COC(=O)CCCCCCCCC)OC(=O)CCCCCCCCCCCCC(C)C. The van der Waals surface area contributed by atoms with Crippen LogP contribution in [0, 0.1) is 11.8 Å². The molecule has 0 heterocycles. The summed E-state index contributed by atoms with van der Waals surface area (Å²) in [6.07, 6.45) is 47.2. The van der Waals surface area contributed by atoms with Gasteiger partial charge in [-0.25, -0.2) is 9.13 Å². The highest BCUT2D eigenvalue weighted by molar-refractivity contribution is 7.47. The molecule has 19 heteroatoms. The third-order valence-corrected chi connectivity index (χ3v) is 18.1. The van der Waals surface area contributed by atoms with E-state index in [4.69, 9.17) is 37.0 Å². The minimum atomic E-state index is -4.95. The molecule has 5 atom stereocenters. The minimum absolute atomic E-state index is 0.106. The van der Waals surface area contributed by atoms with Crippen molar-refractivity contribution in [3.05, 3.63) is 0 Å². The quantitative estimate of drug-likeness (QED) is 0.0222. The van der Waals surface area contributed by atoms with E-state index in [1.54, 1.807) is 0 Å². The van der Waals surface area contributed by atoms with Crippen molar-refractivity contribution in [2.45, 2.75) is 374 Å². The summed E-state index contributed by atoms with van der Waals surface area (Å²) in [6.45, 7) is 9.51. The first-order chi connectivity index (χ1) is 42.9. The Bertz CT molecular complexity index is 1730. The summed E-state index contributed by atoms with van der Waals surface area (Å²) in [5, 5.41) is 10.6. The number of phosphoric acid groups is 2. The van der Waals surface area contributed by atoms with Crippen molar-refractivity contribution >= 4 is 39.5 Å². The average molecular weight is 1310 g/mol. The molecule has 0 rings (SSSR count). The molecule has 0 aromatic carbocycles. The Labute approximate surface area is 543 Å². The number of ether oxygens (including phenoxy) is 4. The van der Waals surface area contributed by atoms with Crippen molar-refractivity contribution in [1.29, 1.82) is 0 Å². The fourth-order valence-corrected chi connectivity index (χ4v) is 12.2. The standard InChI is InChI=1S/C70H136O17P2/c1-7-9-11-13-15-16-17-18-19-20-23-30-36-42-48-54-69(74)87-66(59-81-68(73)53-47-41-35-29-24-21-22-27-33-38-44-50-62(3)4)61-85-89(78,79)83-57-64(71)56-82-88(76,77)84-60-65(58-80-67(72)52-46-40-32-14-12-10-8-2)86-70(75)55-49-43-37-31-26-25-28-34-39-45-51-63(5)6/h62-66,71H,7-61H2,1-6H3,(H,76,77)(H,78,79)/t64-,65+,66+/m0/s1. The molecule has 0 bridgehead atoms. The van der Waals surface area contributed by atoms with Crippen LogP contribution in [0.25, 0.3) is 0 Å². The Hall–Kier alpha value is -1.94. The number of aliphatic hydroxyl groups excluding tert-OH is 1. The molecule has 3 N–H and O–H groups in total. The lowest BCUT2D eigenvalue weighted by atomic mass is 10.0. The van der Waals surface area contributed by atoms with Gasteiger partial charge in [-0.2, -0.15) is 0 Å². The number of hydrogen-bond acceptors (Lipinski definition) is 15. The smallest absolute Gasteiger partial charge is 0.462 e. The van der Waals surface area contributed by atoms with Gasteiger partial charge in [0.15, 0.2) is 12.2 Å². The van der Waals surface area contributed by atoms with Crippen molar-refractivity contribution in [2.24, 2.45) is 11.8 Å². The summed E-state index contributed by atoms with van der Waals surface area (Å²) in [5.41, 5.74) is 0. The van der Waals surface area contributed by atoms with Crippen LogP contribution < -0.4 is 0 Å². The lowest BCUT2D eigenvalue weighted by Gasteiger charge is -2.21. The van der Waals surface area contributed by atoms with Gasteiger partial charge in [-0.05, 0) is 37.5 Å². The maximum absolute atomic E-state index is 13.0. The molecule has 0 aliphatic carbocycles. The van der Waals surface area contributed by atoms with E-state index < -0.39 is 97.5 Å². The highest BCUT2D eigenvalue weighted by Gasteiger charge is 2.30. The summed E-state index contributed by atoms with van der Waals surface area (Å²) >= 11 is 0. The number of carbonyl (C=O) groups is 4. The Kier molecular flexibility index (Phi) is 60.8. The predicted molar refractivity (Wildman–Crippen MR) is 358 cm³/mol. The molecule has 0 aliphatic rings. The molecule has 0 spiro atoms. The lowest BCUT2D eigenvalue weighted by molar-refractivity contribution is -0.161. The number of phosphoric ester groups is 2. The second-order valence-electron chi connectivity index (χ2n) is 26.2. The van der Waals surface area contributed by atoms with Crippen LogP contribution >= 0.6 is 15.6 Å². The Morgan fingerprint density at radius 2 is 0.517 bits per heavy atom. The van der Waals surface area contributed by atoms with Gasteiger partial charge in [-0.3, -0.25) is 37.3 Å². The van der Waals surface area contributed by atoms with Crippen LogP contribution in [0.2, 0.25) is 0 Å². The fraction of sp³-hybridized carbons (Fsp3) is 0.943. The zero-order chi connectivity index (χ0) is 65.7. The van der Waals surface area contributed by atoms with Crippen LogP contribution in [0.3, 0.4) is 0 Å². The zero-order valence-electron chi connectivity index (χ0n) is 57.7. The van der Waals surface area contributed by atoms with Gasteiger partial charge in [0.2, 0.25) is 0 Å². The third kappa shape index (κ3) is 64.6. The maximum atomic E-state index is 13.0. The first-order valence-corrected chi connectivity index (χ1v) is 39.5. The summed E-state index contributed by atoms with van der Waals surface area (Å²) in [4.78, 5) is 72.4. The molecular formula is C70H136O17P2. The number of esters is 4. The van der Waals surface area contributed by atoms with E-state index in [-0.39, 0.29) is 25.7 Å². The first-order valence-electron chi connectivity index (χ1n) is 36.5. The molecule has 17 nitrogen and oxygen atoms in total. The molecule has 0 fully saturated rings. The monoisotopic (exact) mass is 1310 g/mol. The molecule has 0 saturated carbocycles. The normalized spacial score (nSPS) is 14.1. The van der Waals surface area contributed by atoms with Crippen molar-refractivity contribution in [3.63, 3.8) is 0 Å². The van der Waals surface area contributed by atoms with E-state index in [9.17, 15) is 43.2 Å². The number of carbonyl (C=O) groups excluding carboxylic acids is 4. The van der Waals surface area contributed by atoms with Crippen molar-refractivity contribution in [3.8, 4) is 0 Å². The van der Waals surface area contributed by atoms with E-state index in [1.807, 2.05) is 0 Å². The number of unbranched alkanes of at least 4 members (excludes halogenated alkanes) is 39. The zero-order valence-corrected chi connectivity index (χ0v) is 59.5. The predicted octanol–water partition coefficient (Wildman–Crippen LogP) is 20.0. The number of aliphatic hydroxyl groups is 1. The van der Waals surface area contributed by atoms with Crippen molar-refractivity contribution < 1.29 is 80.2 Å². The number of hydrogen-bond donors (Lipinski definition) is 3. The van der Waals surface area contributed by atoms with Crippen LogP contribution in [0.15, 0.2) is 0 Å². The van der Waals surface area contributed by atoms with Crippen LogP contribution in [0.1, 0.15) is 356 Å². The van der Waals surface area contributed by atoms with Gasteiger partial charge in [0.1, 0.15) is 19.3 Å². The van der Waals surface area contributed by atoms with Gasteiger partial charge >= 0.3 is 39.5 Å². The first kappa shape index (κ1) is 87.1. The summed E-state index contributed by atoms with van der Waals surface area (Å²) in [7, 11) is -9.90. The van der Waals surface area contributed by atoms with Crippen LogP contribution in [0.5, 0.6) is 0 Å². The van der Waals surface area contributed by atoms with E-state index in [1.165, 1.54) is 161 Å². The van der Waals surface area contributed by atoms with Gasteiger partial charge in [0, 0.05) is 25.7 Å². The van der Waals surface area contributed by atoms with Gasteiger partial charge in [0.05, 0.1) is 26.4 Å². The fourth-order valence-electron chi connectivity index (χ4n) is 10.6. The minimum Gasteiger partial charge on any atom is -0.462 e. The summed E-state index contributed by atoms with van der Waals surface area (Å²) in [6, 6.07) is 0.